The molecule has 0 heterocycles. The molecule has 0 unspecified atom stereocenters. The number of ether oxygens (including phenoxy) is 1. The first-order valence-corrected chi connectivity index (χ1v) is 4.25. The van der Waals surface area contributed by atoms with Gasteiger partial charge < -0.3 is 9.84 Å². The van der Waals surface area contributed by atoms with Gasteiger partial charge >= 0.3 is 11.9 Å². The zero-order chi connectivity index (χ0) is 10.3. The third-order valence-corrected chi connectivity index (χ3v) is 1.34. The number of allylic oxidation sites excluding steroid dienone is 1. The lowest BCUT2D eigenvalue weighted by Crippen LogP contribution is -2.10. The maximum Gasteiger partial charge on any atom is 0.371 e. The number of aliphatic carboxylic acids is 1. The van der Waals surface area contributed by atoms with Gasteiger partial charge in [0.25, 0.3) is 0 Å². The molecule has 0 atom stereocenters. The quantitative estimate of drug-likeness (QED) is 0.403. The summed E-state index contributed by atoms with van der Waals surface area (Å²) in [6.45, 7) is 3.53. The van der Waals surface area contributed by atoms with E-state index in [4.69, 9.17) is 5.11 Å². The number of hydrogen-bond acceptors (Lipinski definition) is 3. The van der Waals surface area contributed by atoms with E-state index in [-0.39, 0.29) is 12.2 Å². The number of carboxylic acid groups (broad SMARTS) is 1. The molecule has 1 N–H and O–H groups in total. The standard InChI is InChI=1S/C9H14O4/c1-3-5-6-7(9(11)12)13-8(10)4-2/h6H,3-5H2,1-2H3,(H,11,12). The van der Waals surface area contributed by atoms with E-state index in [0.29, 0.717) is 6.42 Å². The van der Waals surface area contributed by atoms with Crippen LogP contribution in [0.4, 0.5) is 0 Å². The third-order valence-electron chi connectivity index (χ3n) is 1.34. The van der Waals surface area contributed by atoms with Crippen LogP contribution in [0, 0.1) is 0 Å². The first-order chi connectivity index (χ1) is 6.11. The Balaban J connectivity index is 4.26. The summed E-state index contributed by atoms with van der Waals surface area (Å²) in [7, 11) is 0. The summed E-state index contributed by atoms with van der Waals surface area (Å²) in [6, 6.07) is 0. The summed E-state index contributed by atoms with van der Waals surface area (Å²) in [5.41, 5.74) is 0. The molecule has 0 bridgehead atoms. The smallest absolute Gasteiger partial charge is 0.371 e. The number of esters is 1. The number of carboxylic acids is 1. The molecule has 0 amide bonds. The van der Waals surface area contributed by atoms with Crippen LogP contribution in [-0.4, -0.2) is 17.0 Å². The van der Waals surface area contributed by atoms with Crippen molar-refractivity contribution in [3.8, 4) is 0 Å². The molecule has 4 nitrogen and oxygen atoms in total. The highest BCUT2D eigenvalue weighted by Crippen LogP contribution is 2.03. The Morgan fingerprint density at radius 3 is 2.38 bits per heavy atom. The first kappa shape index (κ1) is 11.7. The molecular formula is C9H14O4. The van der Waals surface area contributed by atoms with E-state index in [9.17, 15) is 9.59 Å². The maximum absolute atomic E-state index is 10.8. The fourth-order valence-electron chi connectivity index (χ4n) is 0.643. The van der Waals surface area contributed by atoms with E-state index >= 15 is 0 Å². The second-order valence-electron chi connectivity index (χ2n) is 2.49. The molecule has 0 aliphatic carbocycles. The van der Waals surface area contributed by atoms with Crippen LogP contribution in [0.1, 0.15) is 33.1 Å². The second kappa shape index (κ2) is 6.22. The highest BCUT2D eigenvalue weighted by atomic mass is 16.6. The van der Waals surface area contributed by atoms with Crippen molar-refractivity contribution >= 4 is 11.9 Å². The average molecular weight is 186 g/mol. The van der Waals surface area contributed by atoms with Gasteiger partial charge in [-0.15, -0.1) is 0 Å². The molecule has 0 aromatic heterocycles. The average Bonchev–Trinajstić information content (AvgIpc) is 2.11. The highest BCUT2D eigenvalue weighted by molar-refractivity contribution is 5.87. The lowest BCUT2D eigenvalue weighted by molar-refractivity contribution is -0.147. The largest absolute Gasteiger partial charge is 0.475 e. The van der Waals surface area contributed by atoms with Crippen LogP contribution in [0.3, 0.4) is 0 Å². The molecule has 4 heteroatoms. The Bertz CT molecular complexity index is 218. The minimum absolute atomic E-state index is 0.177. The minimum Gasteiger partial charge on any atom is -0.475 e. The molecular weight excluding hydrogens is 172 g/mol. The molecule has 0 spiro atoms. The molecule has 0 radical (unpaired) electrons. The van der Waals surface area contributed by atoms with Crippen molar-refractivity contribution in [3.63, 3.8) is 0 Å². The summed E-state index contributed by atoms with van der Waals surface area (Å²) in [5, 5.41) is 8.60. The van der Waals surface area contributed by atoms with Crippen molar-refractivity contribution in [2.24, 2.45) is 0 Å². The van der Waals surface area contributed by atoms with Crippen molar-refractivity contribution in [1.82, 2.24) is 0 Å². The lowest BCUT2D eigenvalue weighted by Gasteiger charge is -2.02. The molecule has 0 rings (SSSR count). The van der Waals surface area contributed by atoms with Crippen LogP contribution in [0.2, 0.25) is 0 Å². The first-order valence-electron chi connectivity index (χ1n) is 4.25. The number of carbonyl (C=O) groups is 2. The van der Waals surface area contributed by atoms with Gasteiger partial charge in [-0.1, -0.05) is 20.3 Å². The molecule has 0 aromatic rings. The Morgan fingerprint density at radius 2 is 2.00 bits per heavy atom. The maximum atomic E-state index is 10.8. The van der Waals surface area contributed by atoms with E-state index in [1.807, 2.05) is 6.92 Å². The van der Waals surface area contributed by atoms with E-state index in [1.54, 1.807) is 6.92 Å². The molecule has 74 valence electrons. The lowest BCUT2D eigenvalue weighted by atomic mass is 10.3. The van der Waals surface area contributed by atoms with E-state index in [0.717, 1.165) is 6.42 Å². The summed E-state index contributed by atoms with van der Waals surface area (Å²) in [4.78, 5) is 21.3. The SMILES string of the molecule is CCCC=C(OC(=O)CC)C(=O)O. The van der Waals surface area contributed by atoms with Gasteiger partial charge in [-0.25, -0.2) is 4.79 Å². The van der Waals surface area contributed by atoms with Crippen molar-refractivity contribution in [2.75, 3.05) is 0 Å². The molecule has 0 aliphatic rings. The van der Waals surface area contributed by atoms with Gasteiger partial charge in [0.05, 0.1) is 0 Å². The van der Waals surface area contributed by atoms with E-state index < -0.39 is 11.9 Å². The van der Waals surface area contributed by atoms with Crippen LogP contribution in [0.25, 0.3) is 0 Å². The van der Waals surface area contributed by atoms with Crippen molar-refractivity contribution in [3.05, 3.63) is 11.8 Å². The fourth-order valence-corrected chi connectivity index (χ4v) is 0.643. The number of unbranched alkanes of at least 4 members (excludes halogenated alkanes) is 1. The van der Waals surface area contributed by atoms with Crippen molar-refractivity contribution in [1.29, 1.82) is 0 Å². The van der Waals surface area contributed by atoms with Gasteiger partial charge in [0.2, 0.25) is 5.76 Å². The van der Waals surface area contributed by atoms with Crippen molar-refractivity contribution in [2.45, 2.75) is 33.1 Å². The second-order valence-corrected chi connectivity index (χ2v) is 2.49. The normalized spacial score (nSPS) is 11.1. The molecule has 0 aliphatic heterocycles. The van der Waals surface area contributed by atoms with Crippen LogP contribution in [0.5, 0.6) is 0 Å². The van der Waals surface area contributed by atoms with Gasteiger partial charge in [0.15, 0.2) is 0 Å². The molecule has 0 fully saturated rings. The molecule has 0 saturated heterocycles. The van der Waals surface area contributed by atoms with Gasteiger partial charge in [-0.05, 0) is 12.5 Å². The fraction of sp³-hybridized carbons (Fsp3) is 0.556. The van der Waals surface area contributed by atoms with Gasteiger partial charge in [0, 0.05) is 6.42 Å². The molecule has 0 aromatic carbocycles. The third kappa shape index (κ3) is 5.00. The van der Waals surface area contributed by atoms with Gasteiger partial charge in [-0.3, -0.25) is 4.79 Å². The van der Waals surface area contributed by atoms with E-state index in [2.05, 4.69) is 4.74 Å². The van der Waals surface area contributed by atoms with E-state index in [1.165, 1.54) is 6.08 Å². The highest BCUT2D eigenvalue weighted by Gasteiger charge is 2.11. The topological polar surface area (TPSA) is 63.6 Å². The number of hydrogen-bond donors (Lipinski definition) is 1. The predicted octanol–water partition coefficient (Wildman–Crippen LogP) is 1.71. The van der Waals surface area contributed by atoms with Crippen molar-refractivity contribution < 1.29 is 19.4 Å². The minimum atomic E-state index is -1.20. The summed E-state index contributed by atoms with van der Waals surface area (Å²) in [5.74, 6) is -1.99. The van der Waals surface area contributed by atoms with Gasteiger partial charge in [-0.2, -0.15) is 0 Å². The Kier molecular flexibility index (Phi) is 5.59. The molecule has 13 heavy (non-hydrogen) atoms. The monoisotopic (exact) mass is 186 g/mol. The number of rotatable bonds is 5. The summed E-state index contributed by atoms with van der Waals surface area (Å²) in [6.07, 6.45) is 3.01. The Morgan fingerprint density at radius 1 is 1.38 bits per heavy atom. The van der Waals surface area contributed by atoms with Crippen LogP contribution >= 0.6 is 0 Å². The summed E-state index contributed by atoms with van der Waals surface area (Å²) >= 11 is 0. The van der Waals surface area contributed by atoms with Crippen LogP contribution in [0.15, 0.2) is 11.8 Å². The zero-order valence-corrected chi connectivity index (χ0v) is 7.87. The number of carbonyl (C=O) groups excluding carboxylic acids is 1. The summed E-state index contributed by atoms with van der Waals surface area (Å²) < 4.78 is 4.59. The van der Waals surface area contributed by atoms with Gasteiger partial charge in [0.1, 0.15) is 0 Å². The zero-order valence-electron chi connectivity index (χ0n) is 7.87. The Labute approximate surface area is 77.2 Å². The molecule has 0 saturated carbocycles. The Hall–Kier alpha value is -1.32. The van der Waals surface area contributed by atoms with Crippen LogP contribution in [-0.2, 0) is 14.3 Å². The predicted molar refractivity (Wildman–Crippen MR) is 47.0 cm³/mol. The van der Waals surface area contributed by atoms with Crippen LogP contribution < -0.4 is 0 Å².